The average Bonchev–Trinajstić information content (AvgIpc) is 2.34. The van der Waals surface area contributed by atoms with Crippen LogP contribution in [0.3, 0.4) is 0 Å². The van der Waals surface area contributed by atoms with Gasteiger partial charge in [0.1, 0.15) is 11.5 Å². The number of amides is 1. The minimum Gasteiger partial charge on any atom is -0.397 e. The Morgan fingerprint density at radius 3 is 2.61 bits per heavy atom. The first-order valence-electron chi connectivity index (χ1n) is 6.38. The lowest BCUT2D eigenvalue weighted by Gasteiger charge is -2.32. The third-order valence-corrected chi connectivity index (χ3v) is 3.79. The minimum absolute atomic E-state index is 0.106. The summed E-state index contributed by atoms with van der Waals surface area (Å²) in [5, 5.41) is 2.65. The van der Waals surface area contributed by atoms with E-state index in [1.807, 2.05) is 6.92 Å². The van der Waals surface area contributed by atoms with Gasteiger partial charge >= 0.3 is 0 Å². The maximum Gasteiger partial charge on any atom is 0.230 e. The third kappa shape index (κ3) is 2.47. The molecule has 0 bridgehead atoms. The first kappa shape index (κ1) is 12.9. The number of para-hydroxylation sites is 1. The smallest absolute Gasteiger partial charge is 0.230 e. The molecule has 0 saturated heterocycles. The van der Waals surface area contributed by atoms with Gasteiger partial charge in [0.05, 0.1) is 5.69 Å². The van der Waals surface area contributed by atoms with Gasteiger partial charge in [-0.3, -0.25) is 4.79 Å². The Balaban J connectivity index is 2.16. The van der Waals surface area contributed by atoms with Crippen LogP contribution in [-0.4, -0.2) is 5.91 Å². The van der Waals surface area contributed by atoms with E-state index >= 15 is 0 Å². The maximum absolute atomic E-state index is 13.6. The van der Waals surface area contributed by atoms with E-state index in [4.69, 9.17) is 5.73 Å². The molecule has 0 aromatic heterocycles. The van der Waals surface area contributed by atoms with Crippen LogP contribution in [0.25, 0.3) is 0 Å². The van der Waals surface area contributed by atoms with Crippen molar-refractivity contribution in [2.24, 2.45) is 5.41 Å². The van der Waals surface area contributed by atoms with Gasteiger partial charge in [0.25, 0.3) is 0 Å². The number of nitrogen functional groups attached to an aromatic ring is 1. The van der Waals surface area contributed by atoms with Crippen molar-refractivity contribution in [2.45, 2.75) is 39.0 Å². The van der Waals surface area contributed by atoms with Crippen LogP contribution in [0.2, 0.25) is 0 Å². The maximum atomic E-state index is 13.6. The number of rotatable bonds is 2. The molecule has 1 aromatic rings. The van der Waals surface area contributed by atoms with Crippen molar-refractivity contribution < 1.29 is 9.18 Å². The van der Waals surface area contributed by atoms with Crippen LogP contribution < -0.4 is 11.1 Å². The number of nitrogens with two attached hydrogens (primary N) is 1. The summed E-state index contributed by atoms with van der Waals surface area (Å²) in [5.41, 5.74) is 5.66. The number of hydrogen-bond donors (Lipinski definition) is 2. The van der Waals surface area contributed by atoms with Crippen molar-refractivity contribution in [3.63, 3.8) is 0 Å². The van der Waals surface area contributed by atoms with Gasteiger partial charge in [0.15, 0.2) is 0 Å². The Kier molecular flexibility index (Phi) is 3.55. The molecule has 1 amide bonds. The van der Waals surface area contributed by atoms with E-state index in [9.17, 15) is 9.18 Å². The fourth-order valence-electron chi connectivity index (χ4n) is 2.50. The summed E-state index contributed by atoms with van der Waals surface area (Å²) in [7, 11) is 0. The highest BCUT2D eigenvalue weighted by Gasteiger charge is 2.35. The van der Waals surface area contributed by atoms with Crippen LogP contribution in [0.1, 0.15) is 39.0 Å². The van der Waals surface area contributed by atoms with E-state index in [0.717, 1.165) is 25.7 Å². The zero-order chi connectivity index (χ0) is 13.2. The highest BCUT2D eigenvalue weighted by Crippen LogP contribution is 2.37. The molecule has 0 aliphatic heterocycles. The Bertz CT molecular complexity index is 433. The molecule has 0 spiro atoms. The second-order valence-corrected chi connectivity index (χ2v) is 5.28. The molecule has 0 atom stereocenters. The lowest BCUT2D eigenvalue weighted by atomic mass is 9.75. The van der Waals surface area contributed by atoms with Crippen LogP contribution >= 0.6 is 0 Å². The van der Waals surface area contributed by atoms with E-state index < -0.39 is 11.2 Å². The Morgan fingerprint density at radius 2 is 2.00 bits per heavy atom. The molecule has 98 valence electrons. The zero-order valence-electron chi connectivity index (χ0n) is 10.6. The molecule has 1 aromatic carbocycles. The highest BCUT2D eigenvalue weighted by molar-refractivity contribution is 5.97. The number of nitrogens with one attached hydrogen (secondary N) is 1. The molecular formula is C14H19FN2O. The van der Waals surface area contributed by atoms with Gasteiger partial charge in [-0.2, -0.15) is 0 Å². The SMILES string of the molecule is CC1(C(=O)Nc2c(N)cccc2F)CCCCC1. The second-order valence-electron chi connectivity index (χ2n) is 5.28. The minimum atomic E-state index is -0.484. The second kappa shape index (κ2) is 4.96. The van der Waals surface area contributed by atoms with Crippen molar-refractivity contribution >= 4 is 17.3 Å². The fraction of sp³-hybridized carbons (Fsp3) is 0.500. The normalized spacial score (nSPS) is 18.3. The summed E-state index contributed by atoms with van der Waals surface area (Å²) in [6, 6.07) is 4.42. The quantitative estimate of drug-likeness (QED) is 0.791. The van der Waals surface area contributed by atoms with E-state index in [1.54, 1.807) is 6.07 Å². The van der Waals surface area contributed by atoms with Crippen LogP contribution in [0, 0.1) is 11.2 Å². The van der Waals surface area contributed by atoms with Gasteiger partial charge in [-0.05, 0) is 25.0 Å². The molecule has 18 heavy (non-hydrogen) atoms. The molecule has 1 saturated carbocycles. The van der Waals surface area contributed by atoms with E-state index in [1.165, 1.54) is 18.6 Å². The van der Waals surface area contributed by atoms with Crippen LogP contribution in [0.5, 0.6) is 0 Å². The Labute approximate surface area is 107 Å². The molecule has 0 unspecified atom stereocenters. The standard InChI is InChI=1S/C14H19FN2O/c1-14(8-3-2-4-9-14)13(18)17-12-10(15)6-5-7-11(12)16/h5-7H,2-4,8-9,16H2,1H3,(H,17,18). The van der Waals surface area contributed by atoms with E-state index in [2.05, 4.69) is 5.32 Å². The predicted octanol–water partition coefficient (Wildman–Crippen LogP) is 3.32. The fourth-order valence-corrected chi connectivity index (χ4v) is 2.50. The van der Waals surface area contributed by atoms with Crippen molar-refractivity contribution in [3.05, 3.63) is 24.0 Å². The Hall–Kier alpha value is -1.58. The first-order valence-corrected chi connectivity index (χ1v) is 6.38. The molecule has 3 N–H and O–H groups in total. The number of anilines is 2. The van der Waals surface area contributed by atoms with Gasteiger partial charge < -0.3 is 11.1 Å². The summed E-state index contributed by atoms with van der Waals surface area (Å²) in [5.74, 6) is -0.609. The number of carbonyl (C=O) groups is 1. The summed E-state index contributed by atoms with van der Waals surface area (Å²) >= 11 is 0. The molecule has 2 rings (SSSR count). The molecule has 3 nitrogen and oxygen atoms in total. The number of benzene rings is 1. The van der Waals surface area contributed by atoms with Crippen molar-refractivity contribution in [1.82, 2.24) is 0 Å². The molecule has 1 aliphatic rings. The topological polar surface area (TPSA) is 55.1 Å². The average molecular weight is 250 g/mol. The van der Waals surface area contributed by atoms with Crippen molar-refractivity contribution in [1.29, 1.82) is 0 Å². The monoisotopic (exact) mass is 250 g/mol. The van der Waals surface area contributed by atoms with Crippen LogP contribution in [-0.2, 0) is 4.79 Å². The molecule has 0 radical (unpaired) electrons. The highest BCUT2D eigenvalue weighted by atomic mass is 19.1. The first-order chi connectivity index (χ1) is 8.53. The van der Waals surface area contributed by atoms with Crippen LogP contribution in [0.15, 0.2) is 18.2 Å². The number of hydrogen-bond acceptors (Lipinski definition) is 2. The van der Waals surface area contributed by atoms with Gasteiger partial charge in [-0.25, -0.2) is 4.39 Å². The molecular weight excluding hydrogens is 231 g/mol. The zero-order valence-corrected chi connectivity index (χ0v) is 10.6. The lowest BCUT2D eigenvalue weighted by molar-refractivity contribution is -0.126. The van der Waals surface area contributed by atoms with Gasteiger partial charge in [-0.1, -0.05) is 32.3 Å². The number of halogens is 1. The van der Waals surface area contributed by atoms with Crippen molar-refractivity contribution in [2.75, 3.05) is 11.1 Å². The van der Waals surface area contributed by atoms with Crippen LogP contribution in [0.4, 0.5) is 15.8 Å². The predicted molar refractivity (Wildman–Crippen MR) is 70.6 cm³/mol. The Morgan fingerprint density at radius 1 is 1.33 bits per heavy atom. The molecule has 4 heteroatoms. The van der Waals surface area contributed by atoms with Crippen molar-refractivity contribution in [3.8, 4) is 0 Å². The molecule has 0 heterocycles. The van der Waals surface area contributed by atoms with Gasteiger partial charge in [-0.15, -0.1) is 0 Å². The summed E-state index contributed by atoms with van der Waals surface area (Å²) in [6.45, 7) is 1.94. The summed E-state index contributed by atoms with van der Waals surface area (Å²) < 4.78 is 13.6. The lowest BCUT2D eigenvalue weighted by Crippen LogP contribution is -2.35. The number of carbonyl (C=O) groups excluding carboxylic acids is 1. The van der Waals surface area contributed by atoms with Gasteiger partial charge in [0, 0.05) is 5.41 Å². The summed E-state index contributed by atoms with van der Waals surface area (Å²) in [4.78, 5) is 12.3. The summed E-state index contributed by atoms with van der Waals surface area (Å²) in [6.07, 6.45) is 4.98. The third-order valence-electron chi connectivity index (χ3n) is 3.79. The molecule has 1 fully saturated rings. The largest absolute Gasteiger partial charge is 0.397 e. The van der Waals surface area contributed by atoms with E-state index in [-0.39, 0.29) is 17.3 Å². The van der Waals surface area contributed by atoms with Gasteiger partial charge in [0.2, 0.25) is 5.91 Å². The molecule has 1 aliphatic carbocycles. The van der Waals surface area contributed by atoms with E-state index in [0.29, 0.717) is 0 Å².